The maximum absolute atomic E-state index is 12.9. The Kier molecular flexibility index (Phi) is 4.15. The Labute approximate surface area is 135 Å². The van der Waals surface area contributed by atoms with Gasteiger partial charge in [-0.2, -0.15) is 0 Å². The molecular formula is C19H19NO3. The molecule has 0 fully saturated rings. The first-order valence-electron chi connectivity index (χ1n) is 7.70. The van der Waals surface area contributed by atoms with Crippen LogP contribution in [0.3, 0.4) is 0 Å². The fourth-order valence-electron chi connectivity index (χ4n) is 2.94. The molecule has 3 rings (SSSR count). The molecule has 0 bridgehead atoms. The maximum Gasteiger partial charge on any atom is 0.258 e. The lowest BCUT2D eigenvalue weighted by atomic mass is 9.97. The summed E-state index contributed by atoms with van der Waals surface area (Å²) in [4.78, 5) is 26.2. The molecule has 1 heterocycles. The number of hydrogen-bond acceptors (Lipinski definition) is 3. The maximum atomic E-state index is 12.9. The third-order valence-electron chi connectivity index (χ3n) is 4.17. The van der Waals surface area contributed by atoms with Crippen molar-refractivity contribution in [2.45, 2.75) is 19.8 Å². The van der Waals surface area contributed by atoms with Gasteiger partial charge in [-0.25, -0.2) is 0 Å². The minimum atomic E-state index is -0.0413. The highest BCUT2D eigenvalue weighted by atomic mass is 16.5. The SMILES string of the molecule is COc1cccc(C(=O)N2CCCc3cc(C(C)=O)ccc32)c1. The molecule has 118 valence electrons. The summed E-state index contributed by atoms with van der Waals surface area (Å²) in [6, 6.07) is 12.8. The van der Waals surface area contributed by atoms with Crippen LogP contribution < -0.4 is 9.64 Å². The van der Waals surface area contributed by atoms with Crippen LogP contribution in [0.2, 0.25) is 0 Å². The molecule has 2 aromatic carbocycles. The highest BCUT2D eigenvalue weighted by Gasteiger charge is 2.24. The molecule has 0 spiro atoms. The predicted octanol–water partition coefficient (Wildman–Crippen LogP) is 3.49. The second kappa shape index (κ2) is 6.24. The van der Waals surface area contributed by atoms with Crippen LogP contribution in [-0.4, -0.2) is 25.3 Å². The molecule has 0 unspecified atom stereocenters. The Morgan fingerprint density at radius 3 is 2.65 bits per heavy atom. The number of carbonyl (C=O) groups is 2. The van der Waals surface area contributed by atoms with E-state index in [1.165, 1.54) is 0 Å². The minimum Gasteiger partial charge on any atom is -0.497 e. The summed E-state index contributed by atoms with van der Waals surface area (Å²) in [7, 11) is 1.59. The van der Waals surface area contributed by atoms with E-state index < -0.39 is 0 Å². The molecular weight excluding hydrogens is 290 g/mol. The Morgan fingerprint density at radius 1 is 1.09 bits per heavy atom. The van der Waals surface area contributed by atoms with Crippen molar-refractivity contribution in [3.05, 3.63) is 59.2 Å². The van der Waals surface area contributed by atoms with Gasteiger partial charge in [-0.05, 0) is 61.7 Å². The van der Waals surface area contributed by atoms with Crippen LogP contribution in [-0.2, 0) is 6.42 Å². The molecule has 0 aromatic heterocycles. The zero-order valence-corrected chi connectivity index (χ0v) is 13.3. The Bertz CT molecular complexity index is 767. The fraction of sp³-hybridized carbons (Fsp3) is 0.263. The van der Waals surface area contributed by atoms with E-state index in [1.54, 1.807) is 37.1 Å². The van der Waals surface area contributed by atoms with Gasteiger partial charge >= 0.3 is 0 Å². The summed E-state index contributed by atoms with van der Waals surface area (Å²) in [5.74, 6) is 0.671. The molecule has 2 aromatic rings. The highest BCUT2D eigenvalue weighted by molar-refractivity contribution is 6.07. The van der Waals surface area contributed by atoms with Crippen molar-refractivity contribution in [2.24, 2.45) is 0 Å². The van der Waals surface area contributed by atoms with Crippen molar-refractivity contribution in [3.63, 3.8) is 0 Å². The average Bonchev–Trinajstić information content (AvgIpc) is 2.60. The summed E-state index contributed by atoms with van der Waals surface area (Å²) >= 11 is 0. The van der Waals surface area contributed by atoms with Gasteiger partial charge in [0.15, 0.2) is 5.78 Å². The van der Waals surface area contributed by atoms with Crippen LogP contribution >= 0.6 is 0 Å². The quantitative estimate of drug-likeness (QED) is 0.815. The molecule has 0 saturated carbocycles. The summed E-state index contributed by atoms with van der Waals surface area (Å²) in [5.41, 5.74) is 3.25. The highest BCUT2D eigenvalue weighted by Crippen LogP contribution is 2.30. The number of anilines is 1. The average molecular weight is 309 g/mol. The van der Waals surface area contributed by atoms with E-state index >= 15 is 0 Å². The van der Waals surface area contributed by atoms with E-state index in [0.29, 0.717) is 23.4 Å². The molecule has 0 saturated heterocycles. The molecule has 4 nitrogen and oxygen atoms in total. The van der Waals surface area contributed by atoms with Crippen LogP contribution in [0.25, 0.3) is 0 Å². The number of nitrogens with zero attached hydrogens (tertiary/aromatic N) is 1. The smallest absolute Gasteiger partial charge is 0.258 e. The van der Waals surface area contributed by atoms with Gasteiger partial charge in [0.05, 0.1) is 7.11 Å². The second-order valence-electron chi connectivity index (χ2n) is 5.69. The number of fused-ring (bicyclic) bond motifs is 1. The molecule has 0 N–H and O–H groups in total. The third-order valence-corrected chi connectivity index (χ3v) is 4.17. The number of Topliss-reactive ketones (excluding diaryl/α,β-unsaturated/α-hetero) is 1. The van der Waals surface area contributed by atoms with Crippen molar-refractivity contribution in [1.29, 1.82) is 0 Å². The normalized spacial score (nSPS) is 13.4. The summed E-state index contributed by atoms with van der Waals surface area (Å²) in [6.45, 7) is 2.24. The van der Waals surface area contributed by atoms with Crippen LogP contribution in [0.15, 0.2) is 42.5 Å². The standard InChI is InChI=1S/C19H19NO3/c1-13(21)14-8-9-18-15(11-14)6-4-10-20(18)19(22)16-5-3-7-17(12-16)23-2/h3,5,7-9,11-12H,4,6,10H2,1-2H3. The number of ether oxygens (including phenoxy) is 1. The lowest BCUT2D eigenvalue weighted by Gasteiger charge is -2.30. The van der Waals surface area contributed by atoms with E-state index in [2.05, 4.69) is 0 Å². The van der Waals surface area contributed by atoms with E-state index in [1.807, 2.05) is 24.3 Å². The molecule has 1 aliphatic heterocycles. The van der Waals surface area contributed by atoms with E-state index in [9.17, 15) is 9.59 Å². The van der Waals surface area contributed by atoms with Crippen LogP contribution in [0, 0.1) is 0 Å². The van der Waals surface area contributed by atoms with Crippen molar-refractivity contribution in [3.8, 4) is 5.75 Å². The summed E-state index contributed by atoms with van der Waals surface area (Å²) in [5, 5.41) is 0. The molecule has 0 radical (unpaired) electrons. The van der Waals surface area contributed by atoms with E-state index in [4.69, 9.17) is 4.74 Å². The fourth-order valence-corrected chi connectivity index (χ4v) is 2.94. The number of ketones is 1. The molecule has 0 atom stereocenters. The van der Waals surface area contributed by atoms with Gasteiger partial charge in [-0.15, -0.1) is 0 Å². The van der Waals surface area contributed by atoms with Gasteiger partial charge in [0.25, 0.3) is 5.91 Å². The number of carbonyl (C=O) groups excluding carboxylic acids is 2. The van der Waals surface area contributed by atoms with Gasteiger partial charge in [0.1, 0.15) is 5.75 Å². The van der Waals surface area contributed by atoms with Gasteiger partial charge in [0, 0.05) is 23.4 Å². The summed E-state index contributed by atoms with van der Waals surface area (Å²) in [6.07, 6.45) is 1.78. The zero-order chi connectivity index (χ0) is 16.4. The van der Waals surface area contributed by atoms with Crippen LogP contribution in [0.1, 0.15) is 39.6 Å². The van der Waals surface area contributed by atoms with Gasteiger partial charge in [0.2, 0.25) is 0 Å². The summed E-state index contributed by atoms with van der Waals surface area (Å²) < 4.78 is 5.20. The van der Waals surface area contributed by atoms with Crippen molar-refractivity contribution in [2.75, 3.05) is 18.6 Å². The third kappa shape index (κ3) is 2.97. The first-order valence-corrected chi connectivity index (χ1v) is 7.70. The monoisotopic (exact) mass is 309 g/mol. The number of benzene rings is 2. The van der Waals surface area contributed by atoms with E-state index in [0.717, 1.165) is 24.1 Å². The lowest BCUT2D eigenvalue weighted by molar-refractivity contribution is 0.0983. The first kappa shape index (κ1) is 15.3. The minimum absolute atomic E-state index is 0.0413. The molecule has 0 aliphatic carbocycles. The predicted molar refractivity (Wildman–Crippen MR) is 89.4 cm³/mol. The first-order chi connectivity index (χ1) is 11.1. The van der Waals surface area contributed by atoms with Gasteiger partial charge in [-0.1, -0.05) is 6.07 Å². The number of hydrogen-bond donors (Lipinski definition) is 0. The lowest BCUT2D eigenvalue weighted by Crippen LogP contribution is -2.35. The number of amides is 1. The van der Waals surface area contributed by atoms with Crippen molar-refractivity contribution >= 4 is 17.4 Å². The number of rotatable bonds is 3. The van der Waals surface area contributed by atoms with Crippen molar-refractivity contribution in [1.82, 2.24) is 0 Å². The molecule has 4 heteroatoms. The van der Waals surface area contributed by atoms with E-state index in [-0.39, 0.29) is 11.7 Å². The Morgan fingerprint density at radius 2 is 1.91 bits per heavy atom. The number of methoxy groups -OCH3 is 1. The molecule has 1 amide bonds. The molecule has 1 aliphatic rings. The van der Waals surface area contributed by atoms with Gasteiger partial charge in [-0.3, -0.25) is 9.59 Å². The topological polar surface area (TPSA) is 46.6 Å². The van der Waals surface area contributed by atoms with Crippen LogP contribution in [0.5, 0.6) is 5.75 Å². The molecule has 23 heavy (non-hydrogen) atoms. The Balaban J connectivity index is 1.96. The van der Waals surface area contributed by atoms with Crippen LogP contribution in [0.4, 0.5) is 5.69 Å². The largest absolute Gasteiger partial charge is 0.497 e. The number of aryl methyl sites for hydroxylation is 1. The zero-order valence-electron chi connectivity index (χ0n) is 13.3. The van der Waals surface area contributed by atoms with Crippen molar-refractivity contribution < 1.29 is 14.3 Å². The Hall–Kier alpha value is -2.62. The second-order valence-corrected chi connectivity index (χ2v) is 5.69. The van der Waals surface area contributed by atoms with Gasteiger partial charge < -0.3 is 9.64 Å².